The van der Waals surface area contributed by atoms with Crippen LogP contribution in [0.3, 0.4) is 0 Å². The lowest BCUT2D eigenvalue weighted by atomic mass is 9.46. The van der Waals surface area contributed by atoms with Crippen LogP contribution < -0.4 is 20.1 Å². The monoisotopic (exact) mass is 590 g/mol. The molecule has 0 radical (unpaired) electrons. The molecule has 2 aliphatic carbocycles. The van der Waals surface area contributed by atoms with E-state index >= 15 is 0 Å². The van der Waals surface area contributed by atoms with Gasteiger partial charge in [0.25, 0.3) is 0 Å². The van der Waals surface area contributed by atoms with Crippen LogP contribution in [0.25, 0.3) is 0 Å². The zero-order chi connectivity index (χ0) is 30.7. The number of amides is 2. The third kappa shape index (κ3) is 6.62. The number of anilines is 1. The predicted octanol–water partition coefficient (Wildman–Crippen LogP) is 4.79. The molecular weight excluding hydrogens is 550 g/mol. The number of hydrogen-bond donors (Lipinski definition) is 4. The normalized spacial score (nSPS) is 28.8. The van der Waals surface area contributed by atoms with E-state index in [0.29, 0.717) is 48.4 Å². The summed E-state index contributed by atoms with van der Waals surface area (Å²) in [7, 11) is 3.01. The fourth-order valence-electron chi connectivity index (χ4n) is 7.12. The predicted molar refractivity (Wildman–Crippen MR) is 151 cm³/mol. The lowest BCUT2D eigenvalue weighted by Crippen LogP contribution is -2.61. The Bertz CT molecular complexity index is 1250. The summed E-state index contributed by atoms with van der Waals surface area (Å²) < 4.78 is 43.5. The van der Waals surface area contributed by atoms with Crippen molar-refractivity contribution in [1.82, 2.24) is 5.32 Å². The molecule has 2 aromatic carbocycles. The minimum atomic E-state index is -0.829. The number of benzene rings is 2. The van der Waals surface area contributed by atoms with Gasteiger partial charge < -0.3 is 29.7 Å². The largest absolute Gasteiger partial charge is 0.497 e. The summed E-state index contributed by atoms with van der Waals surface area (Å²) in [6.45, 7) is 3.61. The Labute approximate surface area is 244 Å². The molecule has 2 amide bonds. The molecule has 0 heterocycles. The van der Waals surface area contributed by atoms with E-state index in [1.54, 1.807) is 18.2 Å². The van der Waals surface area contributed by atoms with Gasteiger partial charge in [0.05, 0.1) is 32.6 Å². The molecule has 11 heteroatoms. The van der Waals surface area contributed by atoms with Gasteiger partial charge in [-0.15, -0.1) is 0 Å². The highest BCUT2D eigenvalue weighted by molar-refractivity contribution is 5.85. The number of aliphatic hydroxyl groups excluding tert-OH is 2. The summed E-state index contributed by atoms with van der Waals surface area (Å²) in [5, 5.41) is 27.1. The molecule has 42 heavy (non-hydrogen) atoms. The first-order chi connectivity index (χ1) is 19.9. The number of halogens is 2. The number of ether oxygens (including phenoxy) is 3. The second kappa shape index (κ2) is 12.8. The molecule has 0 saturated heterocycles. The fourth-order valence-corrected chi connectivity index (χ4v) is 7.12. The standard InChI is InChI=1S/C31H40F2N2O7/c1-30-8-7-27(42-29(39)35-21-12-22(40-3)14-23(13-21)41-4)31(2,17-36)26(30)6-5-25(37)24(30)15-28(38)34-16-18-9-19(32)11-20(33)10-18/h9-14,24-27,36-37H,5-8,15-17H2,1-4H3,(H,34,38)(H,35,39)/t24-,25-,26?,27-,30+,31+/m1/s1. The number of carbonyl (C=O) groups excluding carboxylic acids is 2. The number of carbonyl (C=O) groups is 2. The Morgan fingerprint density at radius 2 is 1.62 bits per heavy atom. The second-order valence-corrected chi connectivity index (χ2v) is 11.9. The quantitative estimate of drug-likeness (QED) is 0.331. The van der Waals surface area contributed by atoms with Gasteiger partial charge in [-0.3, -0.25) is 10.1 Å². The Hall–Kier alpha value is -3.44. The van der Waals surface area contributed by atoms with Gasteiger partial charge in [-0.05, 0) is 60.6 Å². The summed E-state index contributed by atoms with van der Waals surface area (Å²) in [6, 6.07) is 8.03. The minimum Gasteiger partial charge on any atom is -0.497 e. The summed E-state index contributed by atoms with van der Waals surface area (Å²) in [5.41, 5.74) is -0.640. The molecule has 0 spiro atoms. The summed E-state index contributed by atoms with van der Waals surface area (Å²) in [5.74, 6) is -1.38. The van der Waals surface area contributed by atoms with Gasteiger partial charge in [-0.1, -0.05) is 13.8 Å². The number of methoxy groups -OCH3 is 2. The maximum atomic E-state index is 13.5. The molecule has 2 aliphatic rings. The van der Waals surface area contributed by atoms with E-state index in [1.165, 1.54) is 14.2 Å². The van der Waals surface area contributed by atoms with Crippen LogP contribution >= 0.6 is 0 Å². The van der Waals surface area contributed by atoms with Crippen molar-refractivity contribution in [2.45, 2.75) is 64.7 Å². The zero-order valence-electron chi connectivity index (χ0n) is 24.4. The summed E-state index contributed by atoms with van der Waals surface area (Å²) in [6.07, 6.45) is -0.0311. The lowest BCUT2D eigenvalue weighted by molar-refractivity contribution is -0.185. The first kappa shape index (κ1) is 31.5. The van der Waals surface area contributed by atoms with Crippen molar-refractivity contribution in [1.29, 1.82) is 0 Å². The van der Waals surface area contributed by atoms with Crippen molar-refractivity contribution in [2.75, 3.05) is 26.1 Å². The van der Waals surface area contributed by atoms with Crippen LogP contribution in [0, 0.1) is 34.3 Å². The Morgan fingerprint density at radius 1 is 0.976 bits per heavy atom. The fraction of sp³-hybridized carbons (Fsp3) is 0.548. The molecule has 4 rings (SSSR count). The summed E-state index contributed by atoms with van der Waals surface area (Å²) >= 11 is 0. The number of fused-ring (bicyclic) bond motifs is 1. The zero-order valence-corrected chi connectivity index (χ0v) is 24.4. The van der Waals surface area contributed by atoms with Crippen LogP contribution in [-0.2, 0) is 16.1 Å². The van der Waals surface area contributed by atoms with Crippen LogP contribution in [0.2, 0.25) is 0 Å². The molecule has 1 unspecified atom stereocenters. The maximum absolute atomic E-state index is 13.5. The first-order valence-corrected chi connectivity index (χ1v) is 14.1. The smallest absolute Gasteiger partial charge is 0.411 e. The van der Waals surface area contributed by atoms with E-state index < -0.39 is 46.7 Å². The molecule has 0 aromatic heterocycles. The van der Waals surface area contributed by atoms with E-state index in [1.807, 2.05) is 13.8 Å². The van der Waals surface area contributed by atoms with Gasteiger partial charge in [0.1, 0.15) is 29.2 Å². The van der Waals surface area contributed by atoms with Crippen molar-refractivity contribution < 1.29 is 42.8 Å². The Morgan fingerprint density at radius 3 is 2.21 bits per heavy atom. The number of aliphatic hydroxyl groups is 2. The number of hydrogen-bond acceptors (Lipinski definition) is 7. The van der Waals surface area contributed by atoms with Crippen molar-refractivity contribution >= 4 is 17.7 Å². The average molecular weight is 591 g/mol. The third-order valence-electron chi connectivity index (χ3n) is 9.34. The minimum absolute atomic E-state index is 0.0111. The van der Waals surface area contributed by atoms with Crippen LogP contribution in [0.15, 0.2) is 36.4 Å². The van der Waals surface area contributed by atoms with Crippen LogP contribution in [0.5, 0.6) is 11.5 Å². The average Bonchev–Trinajstić information content (AvgIpc) is 2.94. The Kier molecular flexibility index (Phi) is 9.62. The molecule has 9 nitrogen and oxygen atoms in total. The molecule has 0 bridgehead atoms. The molecule has 2 aromatic rings. The molecule has 2 saturated carbocycles. The van der Waals surface area contributed by atoms with Crippen molar-refractivity contribution in [2.24, 2.45) is 22.7 Å². The number of nitrogens with one attached hydrogen (secondary N) is 2. The van der Waals surface area contributed by atoms with E-state index in [4.69, 9.17) is 14.2 Å². The molecule has 4 N–H and O–H groups in total. The topological polar surface area (TPSA) is 126 Å². The SMILES string of the molecule is COc1cc(NC(=O)O[C@@H]2CC[C@]3(C)C(CC[C@@H](O)[C@H]3CC(=O)NCc3cc(F)cc(F)c3)[C@]2(C)CO)cc(OC)c1. The van der Waals surface area contributed by atoms with Gasteiger partial charge in [0.15, 0.2) is 0 Å². The highest BCUT2D eigenvalue weighted by atomic mass is 19.1. The van der Waals surface area contributed by atoms with Crippen molar-refractivity contribution in [3.05, 3.63) is 53.6 Å². The molecule has 2 fully saturated rings. The third-order valence-corrected chi connectivity index (χ3v) is 9.34. The van der Waals surface area contributed by atoms with Crippen LogP contribution in [-0.4, -0.2) is 55.2 Å². The maximum Gasteiger partial charge on any atom is 0.411 e. The van der Waals surface area contributed by atoms with E-state index in [2.05, 4.69) is 10.6 Å². The van der Waals surface area contributed by atoms with Crippen molar-refractivity contribution in [3.8, 4) is 11.5 Å². The highest BCUT2D eigenvalue weighted by Gasteiger charge is 2.60. The second-order valence-electron chi connectivity index (χ2n) is 11.9. The van der Waals surface area contributed by atoms with Gasteiger partial charge in [0.2, 0.25) is 5.91 Å². The first-order valence-electron chi connectivity index (χ1n) is 14.1. The lowest BCUT2D eigenvalue weighted by Gasteiger charge is -2.60. The molecule has 0 aliphatic heterocycles. The molecular formula is C31H40F2N2O7. The van der Waals surface area contributed by atoms with E-state index in [9.17, 15) is 28.6 Å². The highest BCUT2D eigenvalue weighted by Crippen LogP contribution is 2.61. The van der Waals surface area contributed by atoms with Crippen LogP contribution in [0.1, 0.15) is 51.5 Å². The Balaban J connectivity index is 1.45. The summed E-state index contributed by atoms with van der Waals surface area (Å²) in [4.78, 5) is 25.9. The van der Waals surface area contributed by atoms with E-state index in [-0.39, 0.29) is 31.4 Å². The van der Waals surface area contributed by atoms with Crippen LogP contribution in [0.4, 0.5) is 19.3 Å². The molecule has 230 valence electrons. The van der Waals surface area contributed by atoms with Gasteiger partial charge in [-0.25, -0.2) is 13.6 Å². The van der Waals surface area contributed by atoms with E-state index in [0.717, 1.165) is 18.2 Å². The van der Waals surface area contributed by atoms with Gasteiger partial charge in [0, 0.05) is 42.6 Å². The number of rotatable bonds is 9. The van der Waals surface area contributed by atoms with Crippen molar-refractivity contribution in [3.63, 3.8) is 0 Å². The molecule has 6 atom stereocenters. The van der Waals surface area contributed by atoms with Gasteiger partial charge in [-0.2, -0.15) is 0 Å². The van der Waals surface area contributed by atoms with Gasteiger partial charge >= 0.3 is 6.09 Å².